The van der Waals surface area contributed by atoms with Gasteiger partial charge in [0.15, 0.2) is 15.5 Å². The highest BCUT2D eigenvalue weighted by molar-refractivity contribution is 7.97. The van der Waals surface area contributed by atoms with Crippen molar-refractivity contribution >= 4 is 16.7 Å². The van der Waals surface area contributed by atoms with Gasteiger partial charge in [-0.1, -0.05) is 66.7 Å². The maximum atomic E-state index is 12.8. The quantitative estimate of drug-likeness (QED) is 0.462. The Morgan fingerprint density at radius 2 is 1.17 bits per heavy atom. The molecule has 3 rings (SSSR count). The van der Waals surface area contributed by atoms with Crippen LogP contribution in [-0.2, 0) is 10.9 Å². The van der Waals surface area contributed by atoms with Gasteiger partial charge in [0.2, 0.25) is 5.78 Å². The highest BCUT2D eigenvalue weighted by Crippen LogP contribution is 2.29. The van der Waals surface area contributed by atoms with Crippen LogP contribution in [0.4, 0.5) is 0 Å². The number of benzene rings is 3. The molecule has 0 aliphatic carbocycles. The van der Waals surface area contributed by atoms with Gasteiger partial charge in [-0.2, -0.15) is 0 Å². The van der Waals surface area contributed by atoms with Crippen molar-refractivity contribution in [3.63, 3.8) is 0 Å². The van der Waals surface area contributed by atoms with E-state index in [9.17, 15) is 4.79 Å². The summed E-state index contributed by atoms with van der Waals surface area (Å²) in [5, 5.41) is 0. The third-order valence-corrected chi connectivity index (χ3v) is 6.62. The molecule has 0 fully saturated rings. The zero-order valence-corrected chi connectivity index (χ0v) is 14.8. The molecule has 0 aliphatic heterocycles. The highest BCUT2D eigenvalue weighted by Gasteiger charge is 2.31. The predicted octanol–water partition coefficient (Wildman–Crippen LogP) is 5.22. The molecule has 0 saturated heterocycles. The fourth-order valence-electron chi connectivity index (χ4n) is 2.78. The van der Waals surface area contributed by atoms with Crippen LogP contribution in [-0.4, -0.2) is 11.5 Å². The Morgan fingerprint density at radius 3 is 1.67 bits per heavy atom. The number of carbonyl (C=O) groups excluding carboxylic acids is 1. The van der Waals surface area contributed by atoms with E-state index in [0.29, 0.717) is 5.75 Å². The van der Waals surface area contributed by atoms with Crippen LogP contribution in [0.3, 0.4) is 0 Å². The Hall–Kier alpha value is -2.32. The average Bonchev–Trinajstić information content (AvgIpc) is 2.62. The van der Waals surface area contributed by atoms with Crippen LogP contribution in [0.15, 0.2) is 88.7 Å². The number of aryl methyl sites for hydroxylation is 2. The second-order valence-electron chi connectivity index (χ2n) is 5.86. The van der Waals surface area contributed by atoms with E-state index in [0.717, 1.165) is 5.56 Å². The molecule has 0 amide bonds. The van der Waals surface area contributed by atoms with E-state index in [1.165, 1.54) is 20.9 Å². The molecule has 0 spiro atoms. The van der Waals surface area contributed by atoms with Crippen molar-refractivity contribution in [2.45, 2.75) is 23.6 Å². The molecule has 0 aliphatic rings. The molecule has 0 aromatic heterocycles. The Labute approximate surface area is 146 Å². The van der Waals surface area contributed by atoms with Gasteiger partial charge in [-0.3, -0.25) is 4.79 Å². The molecule has 0 N–H and O–H groups in total. The first-order valence-corrected chi connectivity index (χ1v) is 9.46. The Balaban J connectivity index is 2.02. The van der Waals surface area contributed by atoms with Gasteiger partial charge in [-0.05, 0) is 26.0 Å². The van der Waals surface area contributed by atoms with Gasteiger partial charge in [0.25, 0.3) is 0 Å². The molecular weight excluding hydrogens is 312 g/mol. The molecule has 120 valence electrons. The van der Waals surface area contributed by atoms with Gasteiger partial charge in [-0.15, -0.1) is 0 Å². The summed E-state index contributed by atoms with van der Waals surface area (Å²) in [5.74, 6) is 0.713. The van der Waals surface area contributed by atoms with Crippen LogP contribution < -0.4 is 0 Å². The van der Waals surface area contributed by atoms with E-state index in [2.05, 4.69) is 62.4 Å². The van der Waals surface area contributed by atoms with Crippen molar-refractivity contribution in [1.82, 2.24) is 0 Å². The SMILES string of the molecule is Cc1ccccc1[S+](CC(=O)c1ccccc1)c1ccccc1C. The van der Waals surface area contributed by atoms with Gasteiger partial charge in [-0.25, -0.2) is 0 Å². The minimum atomic E-state index is -0.255. The molecule has 0 atom stereocenters. The molecule has 0 bridgehead atoms. The third kappa shape index (κ3) is 3.60. The molecule has 0 radical (unpaired) electrons. The topological polar surface area (TPSA) is 17.1 Å². The minimum Gasteiger partial charge on any atom is -0.289 e. The smallest absolute Gasteiger partial charge is 0.212 e. The summed E-state index contributed by atoms with van der Waals surface area (Å²) in [6, 6.07) is 26.4. The summed E-state index contributed by atoms with van der Waals surface area (Å²) in [5.41, 5.74) is 3.27. The maximum absolute atomic E-state index is 12.8. The normalized spacial score (nSPS) is 10.8. The Bertz CT molecular complexity index is 794. The van der Waals surface area contributed by atoms with Crippen molar-refractivity contribution in [2.24, 2.45) is 0 Å². The van der Waals surface area contributed by atoms with E-state index in [-0.39, 0.29) is 16.7 Å². The van der Waals surface area contributed by atoms with Gasteiger partial charge in [0.05, 0.1) is 10.9 Å². The number of ketones is 1. The van der Waals surface area contributed by atoms with E-state index in [1.807, 2.05) is 30.3 Å². The summed E-state index contributed by atoms with van der Waals surface area (Å²) in [6.45, 7) is 4.25. The van der Waals surface area contributed by atoms with Crippen molar-refractivity contribution in [1.29, 1.82) is 0 Å². The van der Waals surface area contributed by atoms with Gasteiger partial charge in [0.1, 0.15) is 0 Å². The molecule has 0 unspecified atom stereocenters. The minimum absolute atomic E-state index is 0.199. The lowest BCUT2D eigenvalue weighted by molar-refractivity contribution is 0.102. The first-order chi connectivity index (χ1) is 11.7. The number of rotatable bonds is 5. The maximum Gasteiger partial charge on any atom is 0.212 e. The fraction of sp³-hybridized carbons (Fsp3) is 0.136. The molecule has 0 saturated carbocycles. The van der Waals surface area contributed by atoms with E-state index < -0.39 is 0 Å². The fourth-order valence-corrected chi connectivity index (χ4v) is 5.15. The first-order valence-electron chi connectivity index (χ1n) is 8.07. The summed E-state index contributed by atoms with van der Waals surface area (Å²) < 4.78 is 0. The molecule has 1 nitrogen and oxygen atoms in total. The van der Waals surface area contributed by atoms with Crippen LogP contribution in [0, 0.1) is 13.8 Å². The molecule has 3 aromatic rings. The summed E-state index contributed by atoms with van der Waals surface area (Å²) in [6.07, 6.45) is 0. The van der Waals surface area contributed by atoms with Crippen molar-refractivity contribution in [3.8, 4) is 0 Å². The Kier molecular flexibility index (Phi) is 5.17. The largest absolute Gasteiger partial charge is 0.289 e. The molecular formula is C22H21OS+. The predicted molar refractivity (Wildman–Crippen MR) is 102 cm³/mol. The standard InChI is InChI=1S/C22H21OS/c1-17-10-6-8-14-21(17)24(22-15-9-7-11-18(22)2)16-20(23)19-12-4-3-5-13-19/h3-15H,16H2,1-2H3/q+1. The number of carbonyl (C=O) groups is 1. The summed E-state index contributed by atoms with van der Waals surface area (Å²) in [4.78, 5) is 15.4. The molecule has 2 heteroatoms. The first kappa shape index (κ1) is 16.5. The van der Waals surface area contributed by atoms with Gasteiger partial charge in [0, 0.05) is 16.7 Å². The van der Waals surface area contributed by atoms with Crippen LogP contribution in [0.1, 0.15) is 21.5 Å². The number of hydrogen-bond donors (Lipinski definition) is 0. The van der Waals surface area contributed by atoms with Crippen LogP contribution in [0.5, 0.6) is 0 Å². The van der Waals surface area contributed by atoms with Crippen molar-refractivity contribution < 1.29 is 4.79 Å². The van der Waals surface area contributed by atoms with Gasteiger partial charge < -0.3 is 0 Å². The number of hydrogen-bond acceptors (Lipinski definition) is 1. The van der Waals surface area contributed by atoms with Crippen LogP contribution >= 0.6 is 0 Å². The van der Waals surface area contributed by atoms with E-state index in [1.54, 1.807) is 0 Å². The summed E-state index contributed by atoms with van der Waals surface area (Å²) >= 11 is 0. The van der Waals surface area contributed by atoms with Crippen LogP contribution in [0.25, 0.3) is 0 Å². The zero-order chi connectivity index (χ0) is 16.9. The highest BCUT2D eigenvalue weighted by atomic mass is 32.2. The monoisotopic (exact) mass is 333 g/mol. The summed E-state index contributed by atoms with van der Waals surface area (Å²) in [7, 11) is -0.255. The van der Waals surface area contributed by atoms with Crippen LogP contribution in [0.2, 0.25) is 0 Å². The Morgan fingerprint density at radius 1 is 0.708 bits per heavy atom. The third-order valence-electron chi connectivity index (χ3n) is 4.09. The molecule has 0 heterocycles. The van der Waals surface area contributed by atoms with Gasteiger partial charge >= 0.3 is 0 Å². The molecule has 3 aromatic carbocycles. The lowest BCUT2D eigenvalue weighted by atomic mass is 10.2. The van der Waals surface area contributed by atoms with Crippen molar-refractivity contribution in [2.75, 3.05) is 5.75 Å². The van der Waals surface area contributed by atoms with E-state index >= 15 is 0 Å². The van der Waals surface area contributed by atoms with Crippen molar-refractivity contribution in [3.05, 3.63) is 95.6 Å². The molecule has 24 heavy (non-hydrogen) atoms. The number of Topliss-reactive ketones (excluding diaryl/α,β-unsaturated/α-hetero) is 1. The lowest BCUT2D eigenvalue weighted by Gasteiger charge is -2.12. The average molecular weight is 333 g/mol. The second-order valence-corrected chi connectivity index (χ2v) is 7.81. The second kappa shape index (κ2) is 7.50. The van der Waals surface area contributed by atoms with E-state index in [4.69, 9.17) is 0 Å². The lowest BCUT2D eigenvalue weighted by Crippen LogP contribution is -2.19. The zero-order valence-electron chi connectivity index (χ0n) is 14.0.